The van der Waals surface area contributed by atoms with E-state index in [2.05, 4.69) is 34.6 Å². The first-order valence-electron chi connectivity index (χ1n) is 10.2. The molecule has 3 heteroatoms. The van der Waals surface area contributed by atoms with Gasteiger partial charge in [-0.25, -0.2) is 0 Å². The largest absolute Gasteiger partial charge is 0.465 e. The smallest absolute Gasteiger partial charge is 0.316 e. The summed E-state index contributed by atoms with van der Waals surface area (Å²) in [6.07, 6.45) is 3.29. The minimum atomic E-state index is -0.723. The van der Waals surface area contributed by atoms with Gasteiger partial charge in [0, 0.05) is 5.56 Å². The highest BCUT2D eigenvalue weighted by molar-refractivity contribution is 6.10. The molecule has 1 aromatic carbocycles. The van der Waals surface area contributed by atoms with Gasteiger partial charge in [0.15, 0.2) is 5.78 Å². The predicted octanol–water partition coefficient (Wildman–Crippen LogP) is 6.22. The molecule has 1 aromatic rings. The van der Waals surface area contributed by atoms with Crippen molar-refractivity contribution in [2.45, 2.75) is 81.1 Å². The van der Waals surface area contributed by atoms with Crippen LogP contribution < -0.4 is 0 Å². The van der Waals surface area contributed by atoms with Crippen molar-refractivity contribution in [2.24, 2.45) is 17.3 Å². The highest BCUT2D eigenvalue weighted by Crippen LogP contribution is 2.31. The first kappa shape index (κ1) is 23.4. The van der Waals surface area contributed by atoms with Gasteiger partial charge in [0.05, 0.1) is 6.61 Å². The van der Waals surface area contributed by atoms with E-state index in [9.17, 15) is 9.59 Å². The number of benzene rings is 1. The van der Waals surface area contributed by atoms with Crippen LogP contribution in [0.15, 0.2) is 12.1 Å². The second-order valence-electron chi connectivity index (χ2n) is 9.32. The van der Waals surface area contributed by atoms with Crippen LogP contribution in [0.25, 0.3) is 0 Å². The number of ketones is 1. The summed E-state index contributed by atoms with van der Waals surface area (Å²) in [6.45, 7) is 17.1. The lowest BCUT2D eigenvalue weighted by atomic mass is 9.79. The Morgan fingerprint density at radius 1 is 1.07 bits per heavy atom. The van der Waals surface area contributed by atoms with Crippen LogP contribution in [0, 0.1) is 38.0 Å². The maximum absolute atomic E-state index is 13.4. The quantitative estimate of drug-likeness (QED) is 0.223. The Hall–Kier alpha value is -1.64. The van der Waals surface area contributed by atoms with E-state index in [1.54, 1.807) is 0 Å². The van der Waals surface area contributed by atoms with Gasteiger partial charge in [0.25, 0.3) is 0 Å². The number of Topliss-reactive ketones (excluding diaryl/α,β-unsaturated/α-hetero) is 1. The summed E-state index contributed by atoms with van der Waals surface area (Å²) in [5, 5.41) is 0. The third kappa shape index (κ3) is 7.48. The van der Waals surface area contributed by atoms with Crippen LogP contribution in [0.2, 0.25) is 0 Å². The number of carbonyl (C=O) groups is 2. The van der Waals surface area contributed by atoms with E-state index >= 15 is 0 Å². The molecule has 3 nitrogen and oxygen atoms in total. The van der Waals surface area contributed by atoms with Crippen LogP contribution >= 0.6 is 0 Å². The molecule has 0 aliphatic carbocycles. The van der Waals surface area contributed by atoms with Crippen molar-refractivity contribution >= 4 is 11.8 Å². The van der Waals surface area contributed by atoms with Crippen molar-refractivity contribution in [3.05, 3.63) is 34.4 Å². The number of aryl methyl sites for hydroxylation is 3. The Morgan fingerprint density at radius 3 is 2.11 bits per heavy atom. The normalized spacial score (nSPS) is 13.9. The van der Waals surface area contributed by atoms with Gasteiger partial charge in [-0.15, -0.1) is 0 Å². The molecule has 0 N–H and O–H groups in total. The number of rotatable bonds is 9. The molecule has 0 amide bonds. The summed E-state index contributed by atoms with van der Waals surface area (Å²) >= 11 is 0. The molecular weight excluding hydrogens is 336 g/mol. The number of esters is 1. The highest BCUT2D eigenvalue weighted by atomic mass is 16.5. The predicted molar refractivity (Wildman–Crippen MR) is 112 cm³/mol. The number of ether oxygens (including phenoxy) is 1. The summed E-state index contributed by atoms with van der Waals surface area (Å²) in [5.41, 5.74) is 3.85. The summed E-state index contributed by atoms with van der Waals surface area (Å²) in [6, 6.07) is 4.02. The molecule has 0 aromatic heterocycles. The fourth-order valence-corrected chi connectivity index (χ4v) is 4.00. The van der Waals surface area contributed by atoms with Crippen molar-refractivity contribution < 1.29 is 14.3 Å². The Labute approximate surface area is 165 Å². The average Bonchev–Trinajstić information content (AvgIpc) is 2.49. The first-order chi connectivity index (χ1) is 12.5. The van der Waals surface area contributed by atoms with Crippen LogP contribution in [-0.4, -0.2) is 18.4 Å². The molecular formula is C24H38O3. The molecule has 0 aliphatic heterocycles. The standard InChI is InChI=1S/C24H38O3/c1-9-10-11-27-23(26)20(14-17(3)15-24(6,7)8)22(25)21-18(4)12-16(2)13-19(21)5/h12-13,17,20H,9-11,14-15H2,1-8H3. The molecule has 152 valence electrons. The van der Waals surface area contributed by atoms with Gasteiger partial charge in [0.1, 0.15) is 5.92 Å². The Kier molecular flexibility index (Phi) is 8.71. The maximum atomic E-state index is 13.4. The van der Waals surface area contributed by atoms with Crippen molar-refractivity contribution in [3.63, 3.8) is 0 Å². The van der Waals surface area contributed by atoms with E-state index in [1.807, 2.05) is 32.9 Å². The molecule has 1 rings (SSSR count). The van der Waals surface area contributed by atoms with Gasteiger partial charge in [-0.1, -0.05) is 58.7 Å². The molecule has 0 spiro atoms. The number of unbranched alkanes of at least 4 members (excludes halogenated alkanes) is 1. The number of hydrogen-bond donors (Lipinski definition) is 0. The Morgan fingerprint density at radius 2 is 1.63 bits per heavy atom. The highest BCUT2D eigenvalue weighted by Gasteiger charge is 2.33. The minimum absolute atomic E-state index is 0.0905. The fourth-order valence-electron chi connectivity index (χ4n) is 4.00. The van der Waals surface area contributed by atoms with Gasteiger partial charge in [0.2, 0.25) is 0 Å². The molecule has 2 unspecified atom stereocenters. The van der Waals surface area contributed by atoms with Gasteiger partial charge in [-0.3, -0.25) is 9.59 Å². The van der Waals surface area contributed by atoms with Gasteiger partial charge in [-0.2, -0.15) is 0 Å². The van der Waals surface area contributed by atoms with E-state index in [0.29, 0.717) is 18.6 Å². The molecule has 0 saturated heterocycles. The molecule has 0 saturated carbocycles. The summed E-state index contributed by atoms with van der Waals surface area (Å²) in [5.74, 6) is -0.913. The summed E-state index contributed by atoms with van der Waals surface area (Å²) < 4.78 is 5.46. The third-order valence-corrected chi connectivity index (χ3v) is 4.87. The van der Waals surface area contributed by atoms with E-state index < -0.39 is 5.92 Å². The van der Waals surface area contributed by atoms with E-state index in [-0.39, 0.29) is 23.1 Å². The summed E-state index contributed by atoms with van der Waals surface area (Å²) in [4.78, 5) is 26.2. The Balaban J connectivity index is 3.12. The average molecular weight is 375 g/mol. The van der Waals surface area contributed by atoms with E-state index in [0.717, 1.165) is 36.0 Å². The molecule has 0 radical (unpaired) electrons. The Bertz CT molecular complexity index is 629. The number of hydrogen-bond acceptors (Lipinski definition) is 3. The fraction of sp³-hybridized carbons (Fsp3) is 0.667. The minimum Gasteiger partial charge on any atom is -0.465 e. The molecule has 27 heavy (non-hydrogen) atoms. The molecule has 0 heterocycles. The van der Waals surface area contributed by atoms with Crippen LogP contribution in [-0.2, 0) is 9.53 Å². The SMILES string of the molecule is CCCCOC(=O)C(CC(C)CC(C)(C)C)C(=O)c1c(C)cc(C)cc1C. The molecule has 0 fully saturated rings. The van der Waals surface area contributed by atoms with Crippen molar-refractivity contribution in [1.82, 2.24) is 0 Å². The zero-order valence-corrected chi connectivity index (χ0v) is 18.6. The number of carbonyl (C=O) groups excluding carboxylic acids is 2. The van der Waals surface area contributed by atoms with Crippen LogP contribution in [0.4, 0.5) is 0 Å². The maximum Gasteiger partial charge on any atom is 0.316 e. The summed E-state index contributed by atoms with van der Waals surface area (Å²) in [7, 11) is 0. The van der Waals surface area contributed by atoms with Crippen LogP contribution in [0.1, 0.15) is 87.4 Å². The molecule has 0 bridgehead atoms. The second-order valence-corrected chi connectivity index (χ2v) is 9.32. The zero-order chi connectivity index (χ0) is 20.8. The van der Waals surface area contributed by atoms with Crippen LogP contribution in [0.3, 0.4) is 0 Å². The lowest BCUT2D eigenvalue weighted by Crippen LogP contribution is -2.30. The lowest BCUT2D eigenvalue weighted by Gasteiger charge is -2.26. The first-order valence-corrected chi connectivity index (χ1v) is 10.2. The van der Waals surface area contributed by atoms with Crippen molar-refractivity contribution in [3.8, 4) is 0 Å². The van der Waals surface area contributed by atoms with Crippen molar-refractivity contribution in [2.75, 3.05) is 6.61 Å². The van der Waals surface area contributed by atoms with Gasteiger partial charge in [-0.05, 0) is 62.5 Å². The lowest BCUT2D eigenvalue weighted by molar-refractivity contribution is -0.147. The molecule has 2 atom stereocenters. The zero-order valence-electron chi connectivity index (χ0n) is 18.6. The van der Waals surface area contributed by atoms with E-state index in [4.69, 9.17) is 4.74 Å². The molecule has 0 aliphatic rings. The van der Waals surface area contributed by atoms with E-state index in [1.165, 1.54) is 0 Å². The monoisotopic (exact) mass is 374 g/mol. The van der Waals surface area contributed by atoms with Crippen molar-refractivity contribution in [1.29, 1.82) is 0 Å². The van der Waals surface area contributed by atoms with Gasteiger partial charge >= 0.3 is 5.97 Å². The topological polar surface area (TPSA) is 43.4 Å². The van der Waals surface area contributed by atoms with Crippen LogP contribution in [0.5, 0.6) is 0 Å². The third-order valence-electron chi connectivity index (χ3n) is 4.87. The van der Waals surface area contributed by atoms with Gasteiger partial charge < -0.3 is 4.74 Å². The second kappa shape index (κ2) is 10.1.